The van der Waals surface area contributed by atoms with Crippen molar-refractivity contribution in [3.63, 3.8) is 0 Å². The van der Waals surface area contributed by atoms with E-state index in [0.29, 0.717) is 0 Å². The van der Waals surface area contributed by atoms with Crippen molar-refractivity contribution in [1.29, 1.82) is 0 Å². The van der Waals surface area contributed by atoms with E-state index in [0.717, 1.165) is 11.4 Å². The molecule has 0 unspecified atom stereocenters. The van der Waals surface area contributed by atoms with Crippen LogP contribution in [0.15, 0.2) is 193 Å². The van der Waals surface area contributed by atoms with Gasteiger partial charge in [0.15, 0.2) is 0 Å². The molecule has 0 spiro atoms. The van der Waals surface area contributed by atoms with Crippen molar-refractivity contribution in [1.82, 2.24) is 9.13 Å². The summed E-state index contributed by atoms with van der Waals surface area (Å²) in [6, 6.07) is 67.5. The predicted molar refractivity (Wildman–Crippen MR) is 275 cm³/mol. The SMILES string of the molecule is c1csc(-c2ccc(-c3ccc(-c4ccc(-n5c6ccccc6c6c5ccc5c7ccccc7n(-c7ccc(-c8ccc(-c9ccc(-c%10cccs%10)s9)s8)cc7)c56)cc4)s3)s2)c1. The van der Waals surface area contributed by atoms with E-state index in [1.54, 1.807) is 22.7 Å². The van der Waals surface area contributed by atoms with Gasteiger partial charge in [0.25, 0.3) is 0 Å². The molecule has 0 saturated heterocycles. The lowest BCUT2D eigenvalue weighted by Crippen LogP contribution is -1.95. The molecule has 0 aliphatic carbocycles. The van der Waals surface area contributed by atoms with Gasteiger partial charge in [-0.15, -0.1) is 68.0 Å². The molecule has 62 heavy (non-hydrogen) atoms. The van der Waals surface area contributed by atoms with Crippen molar-refractivity contribution < 1.29 is 0 Å². The molecule has 8 aromatic heterocycles. The van der Waals surface area contributed by atoms with Crippen molar-refractivity contribution in [2.75, 3.05) is 0 Å². The summed E-state index contributed by atoms with van der Waals surface area (Å²) in [6.45, 7) is 0. The summed E-state index contributed by atoms with van der Waals surface area (Å²) in [7, 11) is 0. The third-order valence-corrected chi connectivity index (χ3v) is 18.7. The van der Waals surface area contributed by atoms with Gasteiger partial charge in [0.2, 0.25) is 0 Å². The lowest BCUT2D eigenvalue weighted by atomic mass is 10.1. The molecule has 0 aliphatic heterocycles. The molecule has 0 radical (unpaired) electrons. The molecule has 0 amide bonds. The van der Waals surface area contributed by atoms with E-state index >= 15 is 0 Å². The highest BCUT2D eigenvalue weighted by molar-refractivity contribution is 7.27. The monoisotopic (exact) mass is 900 g/mol. The smallest absolute Gasteiger partial charge is 0.0641 e. The van der Waals surface area contributed by atoms with Crippen LogP contribution < -0.4 is 0 Å². The maximum absolute atomic E-state index is 2.49. The second kappa shape index (κ2) is 14.8. The molecular formula is C54H32N2S6. The minimum Gasteiger partial charge on any atom is -0.309 e. The van der Waals surface area contributed by atoms with Gasteiger partial charge in [0.05, 0.1) is 22.1 Å². The Morgan fingerprint density at radius 1 is 0.274 bits per heavy atom. The van der Waals surface area contributed by atoms with Crippen LogP contribution in [0.25, 0.3) is 115 Å². The van der Waals surface area contributed by atoms with Gasteiger partial charge < -0.3 is 9.13 Å². The molecule has 294 valence electrons. The zero-order valence-corrected chi connectivity index (χ0v) is 37.7. The molecular weight excluding hydrogens is 869 g/mol. The highest BCUT2D eigenvalue weighted by atomic mass is 32.1. The summed E-state index contributed by atoms with van der Waals surface area (Å²) in [5.41, 5.74) is 9.64. The lowest BCUT2D eigenvalue weighted by Gasteiger charge is -2.11. The Morgan fingerprint density at radius 3 is 1.23 bits per heavy atom. The first-order chi connectivity index (χ1) is 30.7. The molecule has 0 atom stereocenters. The normalized spacial score (nSPS) is 11.9. The molecule has 5 aromatic carbocycles. The van der Waals surface area contributed by atoms with Gasteiger partial charge in [-0.1, -0.05) is 78.9 Å². The summed E-state index contributed by atoms with van der Waals surface area (Å²) in [5, 5.41) is 9.34. The van der Waals surface area contributed by atoms with Crippen molar-refractivity contribution in [3.05, 3.63) is 193 Å². The zero-order valence-electron chi connectivity index (χ0n) is 32.8. The molecule has 0 aliphatic rings. The highest BCUT2D eigenvalue weighted by Crippen LogP contribution is 2.45. The van der Waals surface area contributed by atoms with E-state index in [-0.39, 0.29) is 0 Å². The number of para-hydroxylation sites is 2. The molecule has 0 saturated carbocycles. The third kappa shape index (κ3) is 5.97. The van der Waals surface area contributed by atoms with E-state index in [4.69, 9.17) is 0 Å². The van der Waals surface area contributed by atoms with Crippen molar-refractivity contribution in [2.45, 2.75) is 0 Å². The Kier molecular flexibility index (Phi) is 8.71. The quantitative estimate of drug-likeness (QED) is 0.144. The molecule has 8 heteroatoms. The molecule has 2 nitrogen and oxygen atoms in total. The minimum absolute atomic E-state index is 1.16. The molecule has 13 aromatic rings. The van der Waals surface area contributed by atoms with Crippen molar-refractivity contribution in [3.8, 4) is 71.3 Å². The van der Waals surface area contributed by atoms with Crippen LogP contribution in [0.2, 0.25) is 0 Å². The summed E-state index contributed by atoms with van der Waals surface area (Å²) < 4.78 is 4.93. The van der Waals surface area contributed by atoms with Gasteiger partial charge in [-0.25, -0.2) is 0 Å². The van der Waals surface area contributed by atoms with Gasteiger partial charge in [-0.2, -0.15) is 0 Å². The van der Waals surface area contributed by atoms with E-state index in [1.165, 1.54) is 104 Å². The minimum atomic E-state index is 1.16. The first-order valence-electron chi connectivity index (χ1n) is 20.4. The zero-order chi connectivity index (χ0) is 40.7. The fraction of sp³-hybridized carbons (Fsp3) is 0. The van der Waals surface area contributed by atoms with Gasteiger partial charge in [-0.3, -0.25) is 0 Å². The van der Waals surface area contributed by atoms with Crippen LogP contribution in [-0.4, -0.2) is 9.13 Å². The fourth-order valence-electron chi connectivity index (χ4n) is 8.90. The molecule has 8 heterocycles. The summed E-state index contributed by atoms with van der Waals surface area (Å²) in [4.78, 5) is 13.1. The summed E-state index contributed by atoms with van der Waals surface area (Å²) >= 11 is 11.1. The Hall–Kier alpha value is -6.10. The number of rotatable bonds is 8. The third-order valence-electron chi connectivity index (χ3n) is 11.7. The van der Waals surface area contributed by atoms with E-state index < -0.39 is 0 Å². The number of benzene rings is 5. The average Bonchev–Trinajstić information content (AvgIpc) is 4.17. The van der Waals surface area contributed by atoms with Crippen LogP contribution in [0.3, 0.4) is 0 Å². The summed E-state index contributed by atoms with van der Waals surface area (Å²) in [6.07, 6.45) is 0. The number of fused-ring (bicyclic) bond motifs is 7. The van der Waals surface area contributed by atoms with Crippen LogP contribution in [0.5, 0.6) is 0 Å². The standard InChI is InChI=1S/C54H32N2S6/c1-3-9-40-37(7-1)38-21-22-42-53(54(38)56(40)36-19-15-34(16-20-36)44-24-26-50(60-44)52-30-28-48(62-52)46-12-6-32-58-46)39-8-2-4-10-41(39)55(42)35-17-13-33(14-18-35)43-23-25-49(59-43)51-29-27-47(61-51)45-11-5-31-57-45/h1-32H. The van der Waals surface area contributed by atoms with E-state index in [2.05, 4.69) is 202 Å². The van der Waals surface area contributed by atoms with Crippen LogP contribution in [-0.2, 0) is 0 Å². The fourth-order valence-corrected chi connectivity index (χ4v) is 14.8. The second-order valence-electron chi connectivity index (χ2n) is 15.3. The van der Waals surface area contributed by atoms with E-state index in [9.17, 15) is 0 Å². The maximum atomic E-state index is 2.49. The van der Waals surface area contributed by atoms with Gasteiger partial charge in [0.1, 0.15) is 0 Å². The number of hydrogen-bond acceptors (Lipinski definition) is 6. The number of hydrogen-bond donors (Lipinski definition) is 0. The number of aromatic nitrogens is 2. The van der Waals surface area contributed by atoms with Crippen LogP contribution in [0.4, 0.5) is 0 Å². The largest absolute Gasteiger partial charge is 0.309 e. The highest BCUT2D eigenvalue weighted by Gasteiger charge is 2.21. The molecule has 0 N–H and O–H groups in total. The van der Waals surface area contributed by atoms with Gasteiger partial charge in [-0.05, 0) is 125 Å². The van der Waals surface area contributed by atoms with Crippen molar-refractivity contribution in [2.24, 2.45) is 0 Å². The van der Waals surface area contributed by atoms with Gasteiger partial charge >= 0.3 is 0 Å². The molecule has 13 rings (SSSR count). The maximum Gasteiger partial charge on any atom is 0.0641 e. The topological polar surface area (TPSA) is 9.86 Å². The van der Waals surface area contributed by atoms with E-state index in [1.807, 2.05) is 45.3 Å². The first kappa shape index (κ1) is 36.5. The van der Waals surface area contributed by atoms with Crippen molar-refractivity contribution >= 4 is 112 Å². The Bertz CT molecular complexity index is 3730. The molecule has 0 fully saturated rings. The average molecular weight is 901 g/mol. The number of nitrogens with zero attached hydrogens (tertiary/aromatic N) is 2. The predicted octanol–water partition coefficient (Wildman–Crippen LogP) is 18.3. The first-order valence-corrected chi connectivity index (χ1v) is 25.4. The second-order valence-corrected chi connectivity index (χ2v) is 21.5. The summed E-state index contributed by atoms with van der Waals surface area (Å²) in [5.74, 6) is 0. The Labute approximate surface area is 381 Å². The van der Waals surface area contributed by atoms with Crippen LogP contribution in [0.1, 0.15) is 0 Å². The van der Waals surface area contributed by atoms with Crippen LogP contribution in [0, 0.1) is 0 Å². The Morgan fingerprint density at radius 2 is 0.710 bits per heavy atom. The van der Waals surface area contributed by atoms with Crippen LogP contribution >= 0.6 is 68.0 Å². The molecule has 0 bridgehead atoms. The number of thiophene rings is 6. The Balaban J connectivity index is 0.883. The lowest BCUT2D eigenvalue weighted by molar-refractivity contribution is 1.17. The van der Waals surface area contributed by atoms with Gasteiger partial charge in [0, 0.05) is 81.7 Å².